The van der Waals surface area contributed by atoms with Gasteiger partial charge in [-0.15, -0.1) is 0 Å². The molecule has 124 valence electrons. The Balaban J connectivity index is 1.64. The molecule has 6 nitrogen and oxygen atoms in total. The Morgan fingerprint density at radius 2 is 1.87 bits per heavy atom. The molecule has 0 bridgehead atoms. The Hall–Kier alpha value is -1.86. The van der Waals surface area contributed by atoms with Gasteiger partial charge in [0.25, 0.3) is 0 Å². The number of hydrogen-bond donors (Lipinski definition) is 0. The second-order valence-corrected chi connectivity index (χ2v) is 7.90. The van der Waals surface area contributed by atoms with Crippen molar-refractivity contribution in [2.45, 2.75) is 19.6 Å². The van der Waals surface area contributed by atoms with Crippen molar-refractivity contribution in [3.05, 3.63) is 47.2 Å². The molecule has 0 unspecified atom stereocenters. The third kappa shape index (κ3) is 3.73. The third-order valence-corrected chi connectivity index (χ3v) is 5.85. The van der Waals surface area contributed by atoms with Crippen LogP contribution in [0.5, 0.6) is 0 Å². The van der Waals surface area contributed by atoms with Gasteiger partial charge in [-0.25, -0.2) is 8.42 Å². The summed E-state index contributed by atoms with van der Waals surface area (Å²) in [6, 6.07) is 9.52. The minimum Gasteiger partial charge on any atom is -0.360 e. The van der Waals surface area contributed by atoms with Crippen LogP contribution in [0.15, 0.2) is 34.9 Å². The van der Waals surface area contributed by atoms with Crippen LogP contribution in [0.2, 0.25) is 0 Å². The van der Waals surface area contributed by atoms with Gasteiger partial charge in [0.05, 0.1) is 5.75 Å². The van der Waals surface area contributed by atoms with Crippen molar-refractivity contribution in [3.63, 3.8) is 0 Å². The zero-order valence-corrected chi connectivity index (χ0v) is 14.2. The fraction of sp³-hybridized carbons (Fsp3) is 0.438. The van der Waals surface area contributed by atoms with Crippen LogP contribution >= 0.6 is 0 Å². The maximum absolute atomic E-state index is 12.6. The summed E-state index contributed by atoms with van der Waals surface area (Å²) in [5.74, 6) is 1.59. The van der Waals surface area contributed by atoms with Crippen LogP contribution < -0.4 is 4.90 Å². The molecule has 0 saturated carbocycles. The topological polar surface area (TPSA) is 66.7 Å². The molecule has 2 aromatic rings. The summed E-state index contributed by atoms with van der Waals surface area (Å²) in [5, 5.41) is 3.99. The molecular formula is C16H21N3O3S. The predicted octanol–water partition coefficient (Wildman–Crippen LogP) is 1.94. The van der Waals surface area contributed by atoms with Gasteiger partial charge in [-0.2, -0.15) is 4.31 Å². The van der Waals surface area contributed by atoms with Crippen molar-refractivity contribution in [1.82, 2.24) is 9.46 Å². The molecule has 2 heterocycles. The lowest BCUT2D eigenvalue weighted by Gasteiger charge is -2.33. The quantitative estimate of drug-likeness (QED) is 0.854. The predicted molar refractivity (Wildman–Crippen MR) is 88.8 cm³/mol. The molecule has 0 atom stereocenters. The van der Waals surface area contributed by atoms with E-state index in [0.717, 1.165) is 22.7 Å². The third-order valence-electron chi connectivity index (χ3n) is 4.00. The molecule has 0 spiro atoms. The van der Waals surface area contributed by atoms with E-state index in [1.54, 1.807) is 4.31 Å². The van der Waals surface area contributed by atoms with Crippen LogP contribution in [0.3, 0.4) is 0 Å². The first-order chi connectivity index (χ1) is 10.9. The van der Waals surface area contributed by atoms with E-state index in [4.69, 9.17) is 4.52 Å². The summed E-state index contributed by atoms with van der Waals surface area (Å²) in [4.78, 5) is 2.05. The number of sulfonamides is 1. The maximum atomic E-state index is 12.6. The monoisotopic (exact) mass is 335 g/mol. The van der Waals surface area contributed by atoms with Crippen molar-refractivity contribution in [1.29, 1.82) is 0 Å². The highest BCUT2D eigenvalue weighted by molar-refractivity contribution is 7.88. The maximum Gasteiger partial charge on any atom is 0.218 e. The molecule has 1 aliphatic rings. The van der Waals surface area contributed by atoms with Gasteiger partial charge in [0.1, 0.15) is 5.76 Å². The molecule has 23 heavy (non-hydrogen) atoms. The molecular weight excluding hydrogens is 314 g/mol. The molecule has 7 heteroatoms. The van der Waals surface area contributed by atoms with Crippen molar-refractivity contribution in [2.24, 2.45) is 0 Å². The van der Waals surface area contributed by atoms with E-state index >= 15 is 0 Å². The van der Waals surface area contributed by atoms with Crippen LogP contribution in [-0.4, -0.2) is 44.1 Å². The SMILES string of the molecule is Cc1cccc(CS(=O)(=O)N2CCN(c3cc(C)on3)CC2)c1. The van der Waals surface area contributed by atoms with E-state index in [1.807, 2.05) is 44.2 Å². The van der Waals surface area contributed by atoms with Crippen LogP contribution in [0.1, 0.15) is 16.9 Å². The summed E-state index contributed by atoms with van der Waals surface area (Å²) in [5.41, 5.74) is 1.91. The van der Waals surface area contributed by atoms with E-state index in [0.29, 0.717) is 26.2 Å². The summed E-state index contributed by atoms with van der Waals surface area (Å²) >= 11 is 0. The van der Waals surface area contributed by atoms with E-state index in [9.17, 15) is 8.42 Å². The number of anilines is 1. The Morgan fingerprint density at radius 1 is 1.13 bits per heavy atom. The van der Waals surface area contributed by atoms with Gasteiger partial charge in [0.15, 0.2) is 5.82 Å². The second-order valence-electron chi connectivity index (χ2n) is 5.93. The van der Waals surface area contributed by atoms with Gasteiger partial charge in [-0.05, 0) is 19.4 Å². The average molecular weight is 335 g/mol. The van der Waals surface area contributed by atoms with Crippen LogP contribution in [0, 0.1) is 13.8 Å². The molecule has 1 aromatic heterocycles. The highest BCUT2D eigenvalue weighted by Gasteiger charge is 2.28. The second kappa shape index (κ2) is 6.33. The first-order valence-electron chi connectivity index (χ1n) is 7.66. The fourth-order valence-corrected chi connectivity index (χ4v) is 4.30. The highest BCUT2D eigenvalue weighted by Crippen LogP contribution is 2.19. The van der Waals surface area contributed by atoms with Crippen molar-refractivity contribution >= 4 is 15.8 Å². The molecule has 1 aromatic carbocycles. The first-order valence-corrected chi connectivity index (χ1v) is 9.26. The summed E-state index contributed by atoms with van der Waals surface area (Å²) < 4.78 is 31.8. The number of benzene rings is 1. The smallest absolute Gasteiger partial charge is 0.218 e. The normalized spacial score (nSPS) is 16.7. The van der Waals surface area contributed by atoms with Crippen LogP contribution in [0.4, 0.5) is 5.82 Å². The molecule has 0 amide bonds. The minimum atomic E-state index is -3.29. The van der Waals surface area contributed by atoms with E-state index in [-0.39, 0.29) is 5.75 Å². The zero-order chi connectivity index (χ0) is 16.4. The van der Waals surface area contributed by atoms with Crippen molar-refractivity contribution in [3.8, 4) is 0 Å². The fourth-order valence-electron chi connectivity index (χ4n) is 2.80. The van der Waals surface area contributed by atoms with E-state index < -0.39 is 10.0 Å². The largest absolute Gasteiger partial charge is 0.360 e. The van der Waals surface area contributed by atoms with Crippen LogP contribution in [0.25, 0.3) is 0 Å². The van der Waals surface area contributed by atoms with Gasteiger partial charge in [-0.3, -0.25) is 0 Å². The van der Waals surface area contributed by atoms with Gasteiger partial charge in [0, 0.05) is 32.2 Å². The van der Waals surface area contributed by atoms with Crippen molar-refractivity contribution in [2.75, 3.05) is 31.1 Å². The number of nitrogens with zero attached hydrogens (tertiary/aromatic N) is 3. The molecule has 0 aliphatic carbocycles. The molecule has 0 N–H and O–H groups in total. The van der Waals surface area contributed by atoms with E-state index in [1.165, 1.54) is 0 Å². The zero-order valence-electron chi connectivity index (χ0n) is 13.4. The number of piperazine rings is 1. The van der Waals surface area contributed by atoms with Crippen LogP contribution in [-0.2, 0) is 15.8 Å². The lowest BCUT2D eigenvalue weighted by molar-refractivity contribution is 0.371. The Morgan fingerprint density at radius 3 is 2.48 bits per heavy atom. The Labute approximate surface area is 136 Å². The van der Waals surface area contributed by atoms with Gasteiger partial charge in [0.2, 0.25) is 10.0 Å². The molecule has 1 saturated heterocycles. The number of aryl methyl sites for hydroxylation is 2. The van der Waals surface area contributed by atoms with Gasteiger partial charge >= 0.3 is 0 Å². The summed E-state index contributed by atoms with van der Waals surface area (Å²) in [6.07, 6.45) is 0. The molecule has 3 rings (SSSR count). The van der Waals surface area contributed by atoms with Crippen molar-refractivity contribution < 1.29 is 12.9 Å². The molecule has 0 radical (unpaired) electrons. The average Bonchev–Trinajstić information content (AvgIpc) is 2.93. The lowest BCUT2D eigenvalue weighted by Crippen LogP contribution is -2.49. The highest BCUT2D eigenvalue weighted by atomic mass is 32.2. The molecule has 1 fully saturated rings. The number of hydrogen-bond acceptors (Lipinski definition) is 5. The van der Waals surface area contributed by atoms with Gasteiger partial charge < -0.3 is 9.42 Å². The molecule has 1 aliphatic heterocycles. The van der Waals surface area contributed by atoms with Gasteiger partial charge in [-0.1, -0.05) is 35.0 Å². The summed E-state index contributed by atoms with van der Waals surface area (Å²) in [6.45, 7) is 6.01. The summed E-state index contributed by atoms with van der Waals surface area (Å²) in [7, 11) is -3.29. The lowest BCUT2D eigenvalue weighted by atomic mass is 10.2. The Bertz CT molecular complexity index is 777. The Kier molecular flexibility index (Phi) is 4.41. The van der Waals surface area contributed by atoms with E-state index in [2.05, 4.69) is 10.1 Å². The first kappa shape index (κ1) is 16.0. The number of rotatable bonds is 4. The standard InChI is InChI=1S/C16H21N3O3S/c1-13-4-3-5-15(10-13)12-23(20,21)19-8-6-18(7-9-19)16-11-14(2)22-17-16/h3-5,10-11H,6-9,12H2,1-2H3. The minimum absolute atomic E-state index is 0.0533. The number of aromatic nitrogens is 1.